The molecule has 0 spiro atoms. The minimum atomic E-state index is -4.47. The minimum absolute atomic E-state index is 0.0535. The average Bonchev–Trinajstić information content (AvgIpc) is 3.12. The Labute approximate surface area is 133 Å². The van der Waals surface area contributed by atoms with Crippen molar-refractivity contribution < 1.29 is 22.6 Å². The zero-order valence-corrected chi connectivity index (χ0v) is 13.0. The summed E-state index contributed by atoms with van der Waals surface area (Å²) in [6.45, 7) is 3.81. The fourth-order valence-electron chi connectivity index (χ4n) is 3.27. The smallest absolute Gasteiger partial charge is 0.381 e. The molecular formula is C15H22F3N3O2. The van der Waals surface area contributed by atoms with Crippen LogP contribution in [0.4, 0.5) is 13.2 Å². The Kier molecular flexibility index (Phi) is 4.10. The van der Waals surface area contributed by atoms with E-state index in [0.29, 0.717) is 38.5 Å². The molecule has 5 nitrogen and oxygen atoms in total. The van der Waals surface area contributed by atoms with E-state index < -0.39 is 23.0 Å². The molecule has 0 aromatic heterocycles. The van der Waals surface area contributed by atoms with Crippen LogP contribution in [-0.2, 0) is 9.47 Å². The van der Waals surface area contributed by atoms with Gasteiger partial charge in [0.25, 0.3) is 0 Å². The summed E-state index contributed by atoms with van der Waals surface area (Å²) in [5.41, 5.74) is 4.21. The fraction of sp³-hybridized carbons (Fsp3) is 0.733. The summed E-state index contributed by atoms with van der Waals surface area (Å²) in [6, 6.07) is 0.0535. The van der Waals surface area contributed by atoms with Crippen molar-refractivity contribution in [3.05, 3.63) is 23.5 Å². The summed E-state index contributed by atoms with van der Waals surface area (Å²) in [4.78, 5) is 0. The molecule has 130 valence electrons. The number of rotatable bonds is 3. The number of nitrogens with two attached hydrogens (primary N) is 1. The van der Waals surface area contributed by atoms with Crippen LogP contribution in [0.2, 0.25) is 0 Å². The van der Waals surface area contributed by atoms with Gasteiger partial charge in [-0.1, -0.05) is 6.92 Å². The maximum absolute atomic E-state index is 13.1. The molecule has 4 N–H and O–H groups in total. The van der Waals surface area contributed by atoms with Crippen molar-refractivity contribution in [1.29, 1.82) is 0 Å². The van der Waals surface area contributed by atoms with E-state index in [0.717, 1.165) is 12.5 Å². The third kappa shape index (κ3) is 2.95. The van der Waals surface area contributed by atoms with Crippen molar-refractivity contribution in [2.45, 2.75) is 37.6 Å². The Balaban J connectivity index is 1.93. The molecule has 0 amide bonds. The van der Waals surface area contributed by atoms with E-state index in [-0.39, 0.29) is 6.04 Å². The Morgan fingerprint density at radius 2 is 2.09 bits per heavy atom. The summed E-state index contributed by atoms with van der Waals surface area (Å²) >= 11 is 0. The van der Waals surface area contributed by atoms with Crippen molar-refractivity contribution in [2.75, 3.05) is 26.4 Å². The molecule has 23 heavy (non-hydrogen) atoms. The summed E-state index contributed by atoms with van der Waals surface area (Å²) in [7, 11) is 0. The van der Waals surface area contributed by atoms with Crippen LogP contribution in [-0.4, -0.2) is 44.3 Å². The second-order valence-corrected chi connectivity index (χ2v) is 6.66. The maximum atomic E-state index is 13.1. The molecule has 3 heterocycles. The van der Waals surface area contributed by atoms with Gasteiger partial charge in [-0.2, -0.15) is 13.2 Å². The zero-order chi connectivity index (χ0) is 16.7. The molecule has 0 aromatic rings. The van der Waals surface area contributed by atoms with Gasteiger partial charge < -0.3 is 25.8 Å². The molecule has 0 radical (unpaired) electrons. The molecule has 3 aliphatic rings. The normalized spacial score (nSPS) is 38.0. The second-order valence-electron chi connectivity index (χ2n) is 6.66. The molecular weight excluding hydrogens is 311 g/mol. The predicted molar refractivity (Wildman–Crippen MR) is 78.2 cm³/mol. The van der Waals surface area contributed by atoms with E-state index >= 15 is 0 Å². The lowest BCUT2D eigenvalue weighted by Gasteiger charge is -2.48. The minimum Gasteiger partial charge on any atom is -0.381 e. The van der Waals surface area contributed by atoms with Crippen molar-refractivity contribution in [1.82, 2.24) is 10.6 Å². The largest absolute Gasteiger partial charge is 0.430 e. The van der Waals surface area contributed by atoms with Gasteiger partial charge in [0, 0.05) is 18.6 Å². The lowest BCUT2D eigenvalue weighted by molar-refractivity contribution is -0.102. The van der Waals surface area contributed by atoms with Gasteiger partial charge in [0.2, 0.25) is 0 Å². The van der Waals surface area contributed by atoms with Crippen molar-refractivity contribution in [2.24, 2.45) is 11.1 Å². The number of ether oxygens (including phenoxy) is 2. The van der Waals surface area contributed by atoms with Gasteiger partial charge >= 0.3 is 6.18 Å². The van der Waals surface area contributed by atoms with E-state index in [2.05, 4.69) is 10.6 Å². The molecule has 0 bridgehead atoms. The second kappa shape index (κ2) is 5.68. The van der Waals surface area contributed by atoms with E-state index in [1.54, 1.807) is 0 Å². The summed E-state index contributed by atoms with van der Waals surface area (Å²) in [6.07, 6.45) is -0.624. The Morgan fingerprint density at radius 1 is 1.30 bits per heavy atom. The van der Waals surface area contributed by atoms with Gasteiger partial charge in [-0.15, -0.1) is 0 Å². The molecule has 0 aromatic carbocycles. The zero-order valence-electron chi connectivity index (χ0n) is 13.0. The molecule has 3 atom stereocenters. The summed E-state index contributed by atoms with van der Waals surface area (Å²) in [5.74, 6) is 0. The highest BCUT2D eigenvalue weighted by molar-refractivity contribution is 5.36. The SMILES string of the molecule is CC1(C2(N)NC(C(F)(F)F)=CC=C2NC2CCOC2)CCOC1. The van der Waals surface area contributed by atoms with Crippen molar-refractivity contribution >= 4 is 0 Å². The van der Waals surface area contributed by atoms with Crippen LogP contribution in [0, 0.1) is 5.41 Å². The van der Waals surface area contributed by atoms with Crippen LogP contribution in [0.25, 0.3) is 0 Å². The summed E-state index contributed by atoms with van der Waals surface area (Å²) < 4.78 is 50.2. The van der Waals surface area contributed by atoms with E-state index in [9.17, 15) is 13.2 Å². The highest BCUT2D eigenvalue weighted by Crippen LogP contribution is 2.43. The van der Waals surface area contributed by atoms with Crippen LogP contribution in [0.15, 0.2) is 23.5 Å². The third-order valence-electron chi connectivity index (χ3n) is 4.94. The number of dihydropyridines is 1. The van der Waals surface area contributed by atoms with Gasteiger partial charge in [-0.25, -0.2) is 0 Å². The fourth-order valence-corrected chi connectivity index (χ4v) is 3.27. The molecule has 2 fully saturated rings. The lowest BCUT2D eigenvalue weighted by Crippen LogP contribution is -2.69. The molecule has 3 unspecified atom stereocenters. The number of alkyl halides is 3. The molecule has 8 heteroatoms. The van der Waals surface area contributed by atoms with Crippen LogP contribution in [0.3, 0.4) is 0 Å². The Morgan fingerprint density at radius 3 is 2.65 bits per heavy atom. The number of hydrogen-bond donors (Lipinski definition) is 3. The summed E-state index contributed by atoms with van der Waals surface area (Å²) in [5, 5.41) is 5.80. The first-order chi connectivity index (χ1) is 10.7. The van der Waals surface area contributed by atoms with Crippen molar-refractivity contribution in [3.8, 4) is 0 Å². The maximum Gasteiger partial charge on any atom is 0.430 e. The molecule has 3 rings (SSSR count). The van der Waals surface area contributed by atoms with Gasteiger partial charge in [0.1, 0.15) is 11.4 Å². The first-order valence-corrected chi connectivity index (χ1v) is 7.73. The van der Waals surface area contributed by atoms with Gasteiger partial charge in [-0.3, -0.25) is 0 Å². The molecule has 2 saturated heterocycles. The average molecular weight is 333 g/mol. The molecule has 3 aliphatic heterocycles. The first-order valence-electron chi connectivity index (χ1n) is 7.73. The first kappa shape index (κ1) is 16.6. The van der Waals surface area contributed by atoms with Crippen LogP contribution in [0.5, 0.6) is 0 Å². The standard InChI is InChI=1S/C15H22F3N3O2/c1-13(5-7-23-9-13)14(19)11(20-10-4-6-22-8-10)2-3-12(21-14)15(16,17)18/h2-3,10,20-21H,4-9,19H2,1H3. The highest BCUT2D eigenvalue weighted by atomic mass is 19.4. The van der Waals surface area contributed by atoms with Crippen LogP contribution < -0.4 is 16.4 Å². The van der Waals surface area contributed by atoms with Gasteiger partial charge in [0.15, 0.2) is 0 Å². The Hall–Kier alpha value is -1.25. The third-order valence-corrected chi connectivity index (χ3v) is 4.94. The number of nitrogens with one attached hydrogen (secondary N) is 2. The van der Waals surface area contributed by atoms with Crippen LogP contribution in [0.1, 0.15) is 19.8 Å². The monoisotopic (exact) mass is 333 g/mol. The quantitative estimate of drug-likeness (QED) is 0.728. The Bertz CT molecular complexity index is 521. The predicted octanol–water partition coefficient (Wildman–Crippen LogP) is 1.38. The van der Waals surface area contributed by atoms with E-state index in [1.807, 2.05) is 6.92 Å². The number of halogens is 3. The highest BCUT2D eigenvalue weighted by Gasteiger charge is 2.54. The van der Waals surface area contributed by atoms with Gasteiger partial charge in [0.05, 0.1) is 25.0 Å². The van der Waals surface area contributed by atoms with E-state index in [1.165, 1.54) is 6.08 Å². The van der Waals surface area contributed by atoms with Crippen molar-refractivity contribution in [3.63, 3.8) is 0 Å². The number of hydrogen-bond acceptors (Lipinski definition) is 5. The number of allylic oxidation sites excluding steroid dienone is 3. The van der Waals surface area contributed by atoms with E-state index in [4.69, 9.17) is 15.2 Å². The topological polar surface area (TPSA) is 68.5 Å². The molecule has 0 saturated carbocycles. The molecule has 0 aliphatic carbocycles. The van der Waals surface area contributed by atoms with Gasteiger partial charge in [-0.05, 0) is 25.0 Å². The lowest BCUT2D eigenvalue weighted by atomic mass is 9.73. The van der Waals surface area contributed by atoms with Crippen LogP contribution >= 0.6 is 0 Å².